The Morgan fingerprint density at radius 1 is 1.16 bits per heavy atom. The molecule has 1 N–H and O–H groups in total. The molecule has 0 unspecified atom stereocenters. The summed E-state index contributed by atoms with van der Waals surface area (Å²) in [5.74, 6) is -0.841. The molecule has 1 fully saturated rings. The fraction of sp³-hybridized carbons (Fsp3) is 0.417. The molecule has 2 atom stereocenters. The molecule has 3 rings (SSSR count). The van der Waals surface area contributed by atoms with E-state index < -0.39 is 29.2 Å². The Morgan fingerprint density at radius 2 is 1.81 bits per heavy atom. The smallest absolute Gasteiger partial charge is 0.411 e. The van der Waals surface area contributed by atoms with Crippen molar-refractivity contribution in [2.45, 2.75) is 64.3 Å². The Morgan fingerprint density at radius 3 is 2.39 bits per heavy atom. The summed E-state index contributed by atoms with van der Waals surface area (Å²) in [5.41, 5.74) is -0.856. The van der Waals surface area contributed by atoms with E-state index in [1.165, 1.54) is 11.0 Å². The van der Waals surface area contributed by atoms with E-state index in [4.69, 9.17) is 9.47 Å². The summed E-state index contributed by atoms with van der Waals surface area (Å²) in [6.07, 6.45) is 0.162. The highest BCUT2D eigenvalue weighted by atomic mass is 19.1. The number of hydrogen-bond donors (Lipinski definition) is 1. The van der Waals surface area contributed by atoms with Crippen molar-refractivity contribution in [3.05, 3.63) is 65.5 Å². The number of carbonyl (C=O) groups excluding carboxylic acids is 1. The Bertz CT molecular complexity index is 953. The van der Waals surface area contributed by atoms with Crippen LogP contribution >= 0.6 is 0 Å². The van der Waals surface area contributed by atoms with Gasteiger partial charge in [-0.05, 0) is 64.3 Å². The third-order valence-corrected chi connectivity index (χ3v) is 5.42. The molecule has 0 aliphatic carbocycles. The largest absolute Gasteiger partial charge is 0.489 e. The summed E-state index contributed by atoms with van der Waals surface area (Å²) in [6.45, 7) is 6.88. The van der Waals surface area contributed by atoms with Crippen molar-refractivity contribution >= 4 is 12.1 Å². The zero-order valence-corrected chi connectivity index (χ0v) is 18.2. The number of rotatable bonds is 5. The standard InChI is InChI=1S/C24H28FNO5/c1-23(2,3)31-22(29)26-20(13-14-24(26,4)21(27)28)16-9-11-18(12-10-16)30-15-17-7-5-6-8-19(17)25/h5-12,20H,13-15H2,1-4H3,(H,27,28)/t20-,24+/m1/s1. The fourth-order valence-electron chi connectivity index (χ4n) is 3.74. The minimum Gasteiger partial charge on any atom is -0.489 e. The highest BCUT2D eigenvalue weighted by molar-refractivity contribution is 5.85. The third-order valence-electron chi connectivity index (χ3n) is 5.42. The number of aliphatic carboxylic acids is 1. The number of likely N-dealkylation sites (tertiary alicyclic amines) is 1. The number of halogens is 1. The zero-order chi connectivity index (χ0) is 22.8. The van der Waals surface area contributed by atoms with E-state index in [2.05, 4.69) is 0 Å². The lowest BCUT2D eigenvalue weighted by Gasteiger charge is -2.36. The lowest BCUT2D eigenvalue weighted by Crippen LogP contribution is -2.52. The molecule has 2 aromatic rings. The molecule has 1 saturated heterocycles. The van der Waals surface area contributed by atoms with E-state index in [9.17, 15) is 19.1 Å². The van der Waals surface area contributed by atoms with Crippen LogP contribution in [0.3, 0.4) is 0 Å². The van der Waals surface area contributed by atoms with Crippen LogP contribution in [-0.4, -0.2) is 33.2 Å². The lowest BCUT2D eigenvalue weighted by molar-refractivity contribution is -0.149. The van der Waals surface area contributed by atoms with Crippen molar-refractivity contribution in [1.29, 1.82) is 0 Å². The summed E-state index contributed by atoms with van der Waals surface area (Å²) in [6, 6.07) is 13.0. The van der Waals surface area contributed by atoms with Crippen molar-refractivity contribution in [2.75, 3.05) is 0 Å². The fourth-order valence-corrected chi connectivity index (χ4v) is 3.74. The summed E-state index contributed by atoms with van der Waals surface area (Å²) in [5, 5.41) is 9.80. The highest BCUT2D eigenvalue weighted by Gasteiger charge is 2.52. The van der Waals surface area contributed by atoms with E-state index in [1.807, 2.05) is 0 Å². The van der Waals surface area contributed by atoms with E-state index in [0.717, 1.165) is 5.56 Å². The number of amides is 1. The van der Waals surface area contributed by atoms with E-state index >= 15 is 0 Å². The molecule has 0 bridgehead atoms. The van der Waals surface area contributed by atoms with Crippen molar-refractivity contribution in [3.63, 3.8) is 0 Å². The van der Waals surface area contributed by atoms with Crippen LogP contribution in [0.2, 0.25) is 0 Å². The molecule has 1 aliphatic heterocycles. The van der Waals surface area contributed by atoms with Crippen LogP contribution in [0.1, 0.15) is 57.7 Å². The van der Waals surface area contributed by atoms with Crippen LogP contribution in [0.25, 0.3) is 0 Å². The third kappa shape index (κ3) is 4.98. The maximum Gasteiger partial charge on any atom is 0.411 e. The molecule has 2 aromatic carbocycles. The molecule has 0 saturated carbocycles. The van der Waals surface area contributed by atoms with Crippen LogP contribution in [-0.2, 0) is 16.1 Å². The minimum atomic E-state index is -1.35. The number of carboxylic acids is 1. The maximum absolute atomic E-state index is 13.8. The first-order chi connectivity index (χ1) is 14.5. The quantitative estimate of drug-likeness (QED) is 0.696. The van der Waals surface area contributed by atoms with Crippen LogP contribution in [0, 0.1) is 5.82 Å². The average Bonchev–Trinajstić information content (AvgIpc) is 3.05. The molecule has 1 heterocycles. The maximum atomic E-state index is 13.8. The van der Waals surface area contributed by atoms with E-state index in [-0.39, 0.29) is 12.4 Å². The SMILES string of the molecule is CC(C)(C)OC(=O)N1[C@@H](c2ccc(OCc3ccccc3F)cc2)CC[C@@]1(C)C(=O)O. The minimum absolute atomic E-state index is 0.0938. The van der Waals surface area contributed by atoms with Crippen LogP contribution in [0.5, 0.6) is 5.75 Å². The first-order valence-electron chi connectivity index (χ1n) is 10.2. The second kappa shape index (κ2) is 8.57. The topological polar surface area (TPSA) is 76.1 Å². The van der Waals surface area contributed by atoms with Crippen molar-refractivity contribution in [1.82, 2.24) is 4.90 Å². The van der Waals surface area contributed by atoms with Gasteiger partial charge < -0.3 is 14.6 Å². The first-order valence-corrected chi connectivity index (χ1v) is 10.2. The van der Waals surface area contributed by atoms with E-state index in [0.29, 0.717) is 24.2 Å². The van der Waals surface area contributed by atoms with Gasteiger partial charge in [0.25, 0.3) is 0 Å². The van der Waals surface area contributed by atoms with Gasteiger partial charge in [0.1, 0.15) is 29.3 Å². The monoisotopic (exact) mass is 429 g/mol. The number of benzene rings is 2. The van der Waals surface area contributed by atoms with E-state index in [1.54, 1.807) is 70.2 Å². The summed E-state index contributed by atoms with van der Waals surface area (Å²) in [7, 11) is 0. The van der Waals surface area contributed by atoms with Gasteiger partial charge in [-0.3, -0.25) is 4.90 Å². The number of ether oxygens (including phenoxy) is 2. The average molecular weight is 429 g/mol. The molecule has 0 radical (unpaired) electrons. The number of carboxylic acid groups (broad SMARTS) is 1. The summed E-state index contributed by atoms with van der Waals surface area (Å²) >= 11 is 0. The summed E-state index contributed by atoms with van der Waals surface area (Å²) in [4.78, 5) is 26.2. The first kappa shape index (κ1) is 22.6. The van der Waals surface area contributed by atoms with Crippen molar-refractivity contribution < 1.29 is 28.6 Å². The summed E-state index contributed by atoms with van der Waals surface area (Å²) < 4.78 is 24.9. The van der Waals surface area contributed by atoms with Crippen molar-refractivity contribution in [2.24, 2.45) is 0 Å². The second-order valence-electron chi connectivity index (χ2n) is 8.93. The molecule has 6 nitrogen and oxygen atoms in total. The van der Waals surface area contributed by atoms with Gasteiger partial charge in [0.15, 0.2) is 0 Å². The molecular weight excluding hydrogens is 401 g/mol. The lowest BCUT2D eigenvalue weighted by atomic mass is 9.99. The Labute approximate surface area is 181 Å². The molecule has 1 amide bonds. The number of hydrogen-bond acceptors (Lipinski definition) is 4. The van der Waals surface area contributed by atoms with Gasteiger partial charge in [0, 0.05) is 5.56 Å². The van der Waals surface area contributed by atoms with Gasteiger partial charge in [-0.2, -0.15) is 0 Å². The van der Waals surface area contributed by atoms with Gasteiger partial charge >= 0.3 is 12.1 Å². The molecule has 0 aromatic heterocycles. The second-order valence-corrected chi connectivity index (χ2v) is 8.93. The normalized spacial score (nSPS) is 21.1. The molecule has 166 valence electrons. The number of nitrogens with zero attached hydrogens (tertiary/aromatic N) is 1. The van der Waals surface area contributed by atoms with Crippen LogP contribution < -0.4 is 4.74 Å². The molecule has 0 spiro atoms. The zero-order valence-electron chi connectivity index (χ0n) is 18.2. The molecule has 7 heteroatoms. The Hall–Kier alpha value is -3.09. The molecular formula is C24H28FNO5. The van der Waals surface area contributed by atoms with Gasteiger partial charge in [0.2, 0.25) is 0 Å². The predicted molar refractivity (Wildman–Crippen MR) is 113 cm³/mol. The van der Waals surface area contributed by atoms with Crippen LogP contribution in [0.15, 0.2) is 48.5 Å². The predicted octanol–water partition coefficient (Wildman–Crippen LogP) is 5.32. The molecule has 1 aliphatic rings. The Balaban J connectivity index is 1.79. The van der Waals surface area contributed by atoms with Gasteiger partial charge in [-0.25, -0.2) is 14.0 Å². The highest BCUT2D eigenvalue weighted by Crippen LogP contribution is 2.44. The van der Waals surface area contributed by atoms with Crippen LogP contribution in [0.4, 0.5) is 9.18 Å². The molecule has 31 heavy (non-hydrogen) atoms. The van der Waals surface area contributed by atoms with Gasteiger partial charge in [-0.1, -0.05) is 30.3 Å². The number of carbonyl (C=O) groups is 2. The van der Waals surface area contributed by atoms with Gasteiger partial charge in [-0.15, -0.1) is 0 Å². The van der Waals surface area contributed by atoms with Gasteiger partial charge in [0.05, 0.1) is 6.04 Å². The van der Waals surface area contributed by atoms with Crippen molar-refractivity contribution in [3.8, 4) is 5.75 Å². The Kier molecular flexibility index (Phi) is 6.25.